The number of rotatable bonds is 4. The summed E-state index contributed by atoms with van der Waals surface area (Å²) in [6.45, 7) is 1.36. The molecule has 4 rings (SSSR count). The van der Waals surface area contributed by atoms with Crippen LogP contribution >= 0.6 is 0 Å². The second-order valence-electron chi connectivity index (χ2n) is 5.86. The Morgan fingerprint density at radius 2 is 2.17 bits per heavy atom. The molecule has 0 spiro atoms. The van der Waals surface area contributed by atoms with E-state index in [0.717, 1.165) is 36.4 Å². The fourth-order valence-electron chi connectivity index (χ4n) is 2.93. The summed E-state index contributed by atoms with van der Waals surface area (Å²) in [4.78, 5) is 16.5. The number of hydrogen-bond donors (Lipinski definition) is 1. The van der Waals surface area contributed by atoms with E-state index in [1.807, 2.05) is 36.4 Å². The Balaban J connectivity index is 1.49. The largest absolute Gasteiger partial charge is 0.376 e. The Labute approximate surface area is 139 Å². The highest BCUT2D eigenvalue weighted by molar-refractivity contribution is 5.94. The van der Waals surface area contributed by atoms with Gasteiger partial charge < -0.3 is 10.1 Å². The van der Waals surface area contributed by atoms with Gasteiger partial charge in [-0.15, -0.1) is 0 Å². The summed E-state index contributed by atoms with van der Waals surface area (Å²) in [5, 5.41) is 7.24. The molecule has 0 aliphatic carbocycles. The number of imidazole rings is 1. The molecule has 1 N–H and O–H groups in total. The molecule has 2 aromatic heterocycles. The van der Waals surface area contributed by atoms with E-state index in [-0.39, 0.29) is 12.0 Å². The third-order valence-electron chi connectivity index (χ3n) is 4.23. The number of nitrogens with zero attached hydrogens (tertiary/aromatic N) is 3. The molecule has 0 bridgehead atoms. The quantitative estimate of drug-likeness (QED) is 0.800. The van der Waals surface area contributed by atoms with E-state index >= 15 is 0 Å². The number of amides is 1. The number of aromatic nitrogens is 3. The second kappa shape index (κ2) is 6.41. The maximum absolute atomic E-state index is 12.2. The number of hydrogen-bond acceptors (Lipinski definition) is 4. The number of carbonyl (C=O) groups is 1. The minimum Gasteiger partial charge on any atom is -0.376 e. The number of fused-ring (bicyclic) bond motifs is 1. The summed E-state index contributed by atoms with van der Waals surface area (Å²) in [5.41, 5.74) is 3.30. The highest BCUT2D eigenvalue weighted by Crippen LogP contribution is 2.20. The van der Waals surface area contributed by atoms with E-state index in [1.54, 1.807) is 16.9 Å². The Hall–Kier alpha value is -2.73. The molecule has 3 heterocycles. The van der Waals surface area contributed by atoms with E-state index < -0.39 is 0 Å². The molecule has 1 aromatic carbocycles. The minimum absolute atomic E-state index is 0.0756. The predicted octanol–water partition coefficient (Wildman–Crippen LogP) is 2.31. The van der Waals surface area contributed by atoms with Crippen LogP contribution in [0.15, 0.2) is 48.8 Å². The van der Waals surface area contributed by atoms with E-state index in [4.69, 9.17) is 4.74 Å². The van der Waals surface area contributed by atoms with Crippen molar-refractivity contribution in [3.05, 3.63) is 54.4 Å². The first kappa shape index (κ1) is 14.8. The summed E-state index contributed by atoms with van der Waals surface area (Å²) < 4.78 is 7.30. The molecule has 1 amide bonds. The number of carbonyl (C=O) groups excluding carboxylic acids is 1. The normalized spacial score (nSPS) is 17.2. The van der Waals surface area contributed by atoms with Gasteiger partial charge in [0.05, 0.1) is 18.0 Å². The van der Waals surface area contributed by atoms with Gasteiger partial charge >= 0.3 is 0 Å². The lowest BCUT2D eigenvalue weighted by molar-refractivity contribution is 0.0858. The molecule has 0 radical (unpaired) electrons. The van der Waals surface area contributed by atoms with Crippen LogP contribution in [0.2, 0.25) is 0 Å². The SMILES string of the molecule is O=C(NC[C@@H]1CCCO1)c1ccc(-c2cnc3cccnn23)cc1. The van der Waals surface area contributed by atoms with Crippen molar-refractivity contribution in [3.63, 3.8) is 0 Å². The van der Waals surface area contributed by atoms with Crippen LogP contribution in [0.25, 0.3) is 16.9 Å². The van der Waals surface area contributed by atoms with Crippen molar-refractivity contribution in [1.29, 1.82) is 0 Å². The van der Waals surface area contributed by atoms with Gasteiger partial charge in [0.1, 0.15) is 0 Å². The zero-order valence-electron chi connectivity index (χ0n) is 13.2. The molecule has 3 aromatic rings. The van der Waals surface area contributed by atoms with Crippen LogP contribution in [-0.4, -0.2) is 39.8 Å². The van der Waals surface area contributed by atoms with Gasteiger partial charge in [0.15, 0.2) is 5.65 Å². The van der Waals surface area contributed by atoms with Crippen LogP contribution in [0.3, 0.4) is 0 Å². The molecule has 1 atom stereocenters. The Morgan fingerprint density at radius 3 is 2.96 bits per heavy atom. The van der Waals surface area contributed by atoms with Gasteiger partial charge in [-0.05, 0) is 37.1 Å². The van der Waals surface area contributed by atoms with Crippen LogP contribution in [-0.2, 0) is 4.74 Å². The fraction of sp³-hybridized carbons (Fsp3) is 0.278. The van der Waals surface area contributed by atoms with Gasteiger partial charge in [0.25, 0.3) is 5.91 Å². The monoisotopic (exact) mass is 322 g/mol. The predicted molar refractivity (Wildman–Crippen MR) is 89.7 cm³/mol. The minimum atomic E-state index is -0.0756. The van der Waals surface area contributed by atoms with Crippen LogP contribution in [0.1, 0.15) is 23.2 Å². The smallest absolute Gasteiger partial charge is 0.251 e. The zero-order valence-corrected chi connectivity index (χ0v) is 13.2. The Kier molecular flexibility index (Phi) is 3.96. The maximum Gasteiger partial charge on any atom is 0.251 e. The third kappa shape index (κ3) is 2.88. The van der Waals surface area contributed by atoms with Gasteiger partial charge in [-0.25, -0.2) is 9.50 Å². The van der Waals surface area contributed by atoms with Gasteiger partial charge in [-0.1, -0.05) is 12.1 Å². The summed E-state index contributed by atoms with van der Waals surface area (Å²) in [6.07, 6.45) is 5.75. The van der Waals surface area contributed by atoms with Crippen molar-refractivity contribution < 1.29 is 9.53 Å². The highest BCUT2D eigenvalue weighted by atomic mass is 16.5. The first-order valence-electron chi connectivity index (χ1n) is 8.10. The molecule has 1 aliphatic heterocycles. The van der Waals surface area contributed by atoms with Crippen molar-refractivity contribution in [2.75, 3.05) is 13.2 Å². The second-order valence-corrected chi connectivity index (χ2v) is 5.86. The summed E-state index contributed by atoms with van der Waals surface area (Å²) in [6, 6.07) is 11.2. The lowest BCUT2D eigenvalue weighted by Gasteiger charge is -2.11. The van der Waals surface area contributed by atoms with Gasteiger partial charge in [-0.3, -0.25) is 4.79 Å². The first-order valence-corrected chi connectivity index (χ1v) is 8.10. The average Bonchev–Trinajstić information content (AvgIpc) is 3.29. The molecule has 1 fully saturated rings. The van der Waals surface area contributed by atoms with Gasteiger partial charge in [0, 0.05) is 30.5 Å². The molecule has 24 heavy (non-hydrogen) atoms. The topological polar surface area (TPSA) is 68.5 Å². The zero-order chi connectivity index (χ0) is 16.4. The average molecular weight is 322 g/mol. The lowest BCUT2D eigenvalue weighted by Crippen LogP contribution is -2.31. The Bertz CT molecular complexity index is 851. The van der Waals surface area contributed by atoms with Crippen molar-refractivity contribution in [2.24, 2.45) is 0 Å². The summed E-state index contributed by atoms with van der Waals surface area (Å²) in [7, 11) is 0. The van der Waals surface area contributed by atoms with E-state index in [0.29, 0.717) is 12.1 Å². The molecule has 6 nitrogen and oxygen atoms in total. The van der Waals surface area contributed by atoms with E-state index in [2.05, 4.69) is 15.4 Å². The molecule has 1 aliphatic rings. The van der Waals surface area contributed by atoms with Gasteiger partial charge in [-0.2, -0.15) is 5.10 Å². The first-order chi connectivity index (χ1) is 11.8. The molecule has 1 saturated heterocycles. The molecule has 0 saturated carbocycles. The van der Waals surface area contributed by atoms with Crippen molar-refractivity contribution in [3.8, 4) is 11.3 Å². The lowest BCUT2D eigenvalue weighted by atomic mass is 10.1. The highest BCUT2D eigenvalue weighted by Gasteiger charge is 2.16. The molecule has 122 valence electrons. The van der Waals surface area contributed by atoms with E-state index in [1.165, 1.54) is 0 Å². The van der Waals surface area contributed by atoms with E-state index in [9.17, 15) is 4.79 Å². The standard InChI is InChI=1S/C18H18N4O2/c23-18(20-11-15-3-2-10-24-15)14-7-5-13(6-8-14)16-12-19-17-4-1-9-21-22(16)17/h1,4-9,12,15H,2-3,10-11H2,(H,20,23)/t15-/m0/s1. The molecule has 6 heteroatoms. The van der Waals surface area contributed by atoms with Crippen molar-refractivity contribution >= 4 is 11.6 Å². The maximum atomic E-state index is 12.2. The third-order valence-corrected chi connectivity index (χ3v) is 4.23. The number of nitrogens with one attached hydrogen (secondary N) is 1. The van der Waals surface area contributed by atoms with Gasteiger partial charge in [0.2, 0.25) is 0 Å². The Morgan fingerprint density at radius 1 is 1.29 bits per heavy atom. The number of ether oxygens (including phenoxy) is 1. The summed E-state index contributed by atoms with van der Waals surface area (Å²) in [5.74, 6) is -0.0756. The van der Waals surface area contributed by atoms with Crippen LogP contribution in [0.4, 0.5) is 0 Å². The van der Waals surface area contributed by atoms with Crippen LogP contribution in [0.5, 0.6) is 0 Å². The van der Waals surface area contributed by atoms with Crippen LogP contribution < -0.4 is 5.32 Å². The van der Waals surface area contributed by atoms with Crippen molar-refractivity contribution in [2.45, 2.75) is 18.9 Å². The summed E-state index contributed by atoms with van der Waals surface area (Å²) >= 11 is 0. The molecular weight excluding hydrogens is 304 g/mol. The van der Waals surface area contributed by atoms with Crippen molar-refractivity contribution in [1.82, 2.24) is 19.9 Å². The fourth-order valence-corrected chi connectivity index (χ4v) is 2.93. The number of benzene rings is 1. The molecule has 0 unspecified atom stereocenters. The molecular formula is C18H18N4O2. The van der Waals surface area contributed by atoms with Crippen LogP contribution in [0, 0.1) is 0 Å².